The predicted octanol–water partition coefficient (Wildman–Crippen LogP) is 3.40. The SMILES string of the molecule is CCCNCCCc1c(C)nn(C(C)C2CC2)c1C. The van der Waals surface area contributed by atoms with Crippen molar-refractivity contribution >= 4 is 0 Å². The van der Waals surface area contributed by atoms with Gasteiger partial charge in [0.2, 0.25) is 0 Å². The number of rotatable bonds is 8. The lowest BCUT2D eigenvalue weighted by molar-refractivity contribution is 0.429. The average Bonchev–Trinajstić information content (AvgIpc) is 3.19. The second-order valence-electron chi connectivity index (χ2n) is 6.03. The molecule has 1 atom stereocenters. The van der Waals surface area contributed by atoms with Crippen molar-refractivity contribution in [3.63, 3.8) is 0 Å². The van der Waals surface area contributed by atoms with E-state index in [0.29, 0.717) is 6.04 Å². The third-order valence-electron chi connectivity index (χ3n) is 4.37. The molecule has 1 aromatic heterocycles. The van der Waals surface area contributed by atoms with E-state index in [-0.39, 0.29) is 0 Å². The Labute approximate surface area is 117 Å². The molecule has 1 N–H and O–H groups in total. The molecule has 0 saturated heterocycles. The summed E-state index contributed by atoms with van der Waals surface area (Å²) in [4.78, 5) is 0. The topological polar surface area (TPSA) is 29.9 Å². The summed E-state index contributed by atoms with van der Waals surface area (Å²) < 4.78 is 2.28. The largest absolute Gasteiger partial charge is 0.317 e. The molecular weight excluding hydrogens is 234 g/mol. The summed E-state index contributed by atoms with van der Waals surface area (Å²) in [5, 5.41) is 8.26. The molecule has 3 nitrogen and oxygen atoms in total. The van der Waals surface area contributed by atoms with E-state index in [4.69, 9.17) is 5.10 Å². The van der Waals surface area contributed by atoms with E-state index in [1.807, 2.05) is 0 Å². The Morgan fingerprint density at radius 1 is 1.32 bits per heavy atom. The molecule has 0 aromatic carbocycles. The highest BCUT2D eigenvalue weighted by Gasteiger charge is 2.31. The van der Waals surface area contributed by atoms with Crippen LogP contribution in [0.3, 0.4) is 0 Å². The van der Waals surface area contributed by atoms with Gasteiger partial charge in [0.15, 0.2) is 0 Å². The van der Waals surface area contributed by atoms with Crippen LogP contribution in [-0.2, 0) is 6.42 Å². The van der Waals surface area contributed by atoms with Gasteiger partial charge < -0.3 is 5.32 Å². The van der Waals surface area contributed by atoms with Crippen molar-refractivity contribution in [3.8, 4) is 0 Å². The molecular formula is C16H29N3. The Morgan fingerprint density at radius 2 is 2.05 bits per heavy atom. The van der Waals surface area contributed by atoms with Crippen LogP contribution in [0.15, 0.2) is 0 Å². The van der Waals surface area contributed by atoms with E-state index < -0.39 is 0 Å². The van der Waals surface area contributed by atoms with Crippen LogP contribution in [0.2, 0.25) is 0 Å². The van der Waals surface area contributed by atoms with Crippen LogP contribution in [0.5, 0.6) is 0 Å². The summed E-state index contributed by atoms with van der Waals surface area (Å²) in [5.74, 6) is 0.872. The molecule has 3 heteroatoms. The standard InChI is InChI=1S/C16H29N3/c1-5-10-17-11-6-7-16-12(2)18-19(14(16)4)13(3)15-8-9-15/h13,15,17H,5-11H2,1-4H3. The average molecular weight is 263 g/mol. The Morgan fingerprint density at radius 3 is 2.68 bits per heavy atom. The fourth-order valence-electron chi connectivity index (χ4n) is 2.93. The van der Waals surface area contributed by atoms with Gasteiger partial charge in [-0.1, -0.05) is 6.92 Å². The van der Waals surface area contributed by atoms with Gasteiger partial charge in [-0.25, -0.2) is 0 Å². The quantitative estimate of drug-likeness (QED) is 0.728. The van der Waals surface area contributed by atoms with Crippen LogP contribution in [0.1, 0.15) is 62.5 Å². The maximum atomic E-state index is 4.78. The van der Waals surface area contributed by atoms with Crippen LogP contribution in [0.25, 0.3) is 0 Å². The van der Waals surface area contributed by atoms with Crippen molar-refractivity contribution in [1.29, 1.82) is 0 Å². The fraction of sp³-hybridized carbons (Fsp3) is 0.812. The molecule has 1 fully saturated rings. The molecule has 108 valence electrons. The first-order chi connectivity index (χ1) is 9.15. The first-order valence-electron chi connectivity index (χ1n) is 7.90. The zero-order chi connectivity index (χ0) is 13.8. The van der Waals surface area contributed by atoms with E-state index in [9.17, 15) is 0 Å². The van der Waals surface area contributed by atoms with Gasteiger partial charge in [-0.05, 0) is 77.4 Å². The van der Waals surface area contributed by atoms with Gasteiger partial charge in [0.25, 0.3) is 0 Å². The maximum absolute atomic E-state index is 4.78. The lowest BCUT2D eigenvalue weighted by atomic mass is 10.1. The highest BCUT2D eigenvalue weighted by molar-refractivity contribution is 5.25. The molecule has 1 saturated carbocycles. The highest BCUT2D eigenvalue weighted by Crippen LogP contribution is 2.40. The highest BCUT2D eigenvalue weighted by atomic mass is 15.3. The van der Waals surface area contributed by atoms with Crippen LogP contribution in [-0.4, -0.2) is 22.9 Å². The van der Waals surface area contributed by atoms with Crippen LogP contribution < -0.4 is 5.32 Å². The third kappa shape index (κ3) is 3.59. The zero-order valence-corrected chi connectivity index (χ0v) is 13.0. The van der Waals surface area contributed by atoms with Gasteiger partial charge in [-0.2, -0.15) is 5.10 Å². The van der Waals surface area contributed by atoms with Crippen molar-refractivity contribution in [2.75, 3.05) is 13.1 Å². The first-order valence-corrected chi connectivity index (χ1v) is 7.90. The molecule has 0 radical (unpaired) electrons. The lowest BCUT2D eigenvalue weighted by Crippen LogP contribution is -2.16. The van der Waals surface area contributed by atoms with E-state index >= 15 is 0 Å². The summed E-state index contributed by atoms with van der Waals surface area (Å²) in [6.45, 7) is 11.2. The van der Waals surface area contributed by atoms with Crippen LogP contribution >= 0.6 is 0 Å². The predicted molar refractivity (Wildman–Crippen MR) is 80.6 cm³/mol. The van der Waals surface area contributed by atoms with Gasteiger partial charge in [0.05, 0.1) is 11.7 Å². The van der Waals surface area contributed by atoms with Crippen molar-refractivity contribution in [2.24, 2.45) is 5.92 Å². The fourth-order valence-corrected chi connectivity index (χ4v) is 2.93. The van der Waals surface area contributed by atoms with E-state index in [1.54, 1.807) is 0 Å². The number of hydrogen-bond donors (Lipinski definition) is 1. The monoisotopic (exact) mass is 263 g/mol. The molecule has 0 aliphatic heterocycles. The lowest BCUT2D eigenvalue weighted by Gasteiger charge is -2.13. The summed E-state index contributed by atoms with van der Waals surface area (Å²) in [5.41, 5.74) is 4.11. The molecule has 1 unspecified atom stereocenters. The third-order valence-corrected chi connectivity index (χ3v) is 4.37. The van der Waals surface area contributed by atoms with E-state index in [0.717, 1.165) is 25.4 Å². The van der Waals surface area contributed by atoms with Crippen LogP contribution in [0.4, 0.5) is 0 Å². The molecule has 0 spiro atoms. The number of aryl methyl sites for hydroxylation is 1. The minimum atomic E-state index is 0.589. The minimum Gasteiger partial charge on any atom is -0.317 e. The van der Waals surface area contributed by atoms with Crippen molar-refractivity contribution in [2.45, 2.75) is 65.8 Å². The Bertz CT molecular complexity index is 404. The van der Waals surface area contributed by atoms with Gasteiger partial charge in [0, 0.05) is 5.69 Å². The molecule has 2 rings (SSSR count). The Hall–Kier alpha value is -0.830. The molecule has 1 aliphatic rings. The normalized spacial score (nSPS) is 16.8. The van der Waals surface area contributed by atoms with E-state index in [1.165, 1.54) is 42.6 Å². The molecule has 1 heterocycles. The van der Waals surface area contributed by atoms with E-state index in [2.05, 4.69) is 37.7 Å². The molecule has 0 amide bonds. The number of nitrogens with zero attached hydrogens (tertiary/aromatic N) is 2. The Balaban J connectivity index is 1.92. The number of nitrogens with one attached hydrogen (secondary N) is 1. The number of aromatic nitrogens is 2. The van der Waals surface area contributed by atoms with Gasteiger partial charge >= 0.3 is 0 Å². The van der Waals surface area contributed by atoms with Gasteiger partial charge in [-0.15, -0.1) is 0 Å². The van der Waals surface area contributed by atoms with Gasteiger partial charge in [-0.3, -0.25) is 4.68 Å². The van der Waals surface area contributed by atoms with Crippen molar-refractivity contribution < 1.29 is 0 Å². The first kappa shape index (κ1) is 14.6. The van der Waals surface area contributed by atoms with Crippen molar-refractivity contribution in [1.82, 2.24) is 15.1 Å². The second-order valence-corrected chi connectivity index (χ2v) is 6.03. The summed E-state index contributed by atoms with van der Waals surface area (Å²) in [6.07, 6.45) is 6.36. The Kier molecular flexibility index (Phi) is 5.03. The minimum absolute atomic E-state index is 0.589. The van der Waals surface area contributed by atoms with Gasteiger partial charge in [0.1, 0.15) is 0 Å². The van der Waals surface area contributed by atoms with Crippen LogP contribution in [0, 0.1) is 19.8 Å². The molecule has 0 bridgehead atoms. The summed E-state index contributed by atoms with van der Waals surface area (Å²) >= 11 is 0. The summed E-state index contributed by atoms with van der Waals surface area (Å²) in [7, 11) is 0. The van der Waals surface area contributed by atoms with Crippen molar-refractivity contribution in [3.05, 3.63) is 17.0 Å². The number of hydrogen-bond acceptors (Lipinski definition) is 2. The zero-order valence-electron chi connectivity index (χ0n) is 13.0. The summed E-state index contributed by atoms with van der Waals surface area (Å²) in [6, 6.07) is 0.589. The molecule has 19 heavy (non-hydrogen) atoms. The molecule has 1 aromatic rings. The second kappa shape index (κ2) is 6.56. The molecule has 1 aliphatic carbocycles. The smallest absolute Gasteiger partial charge is 0.0628 e. The maximum Gasteiger partial charge on any atom is 0.0628 e.